The number of nitrogens with one attached hydrogen (secondary N) is 1. The van der Waals surface area contributed by atoms with Gasteiger partial charge in [0.05, 0.1) is 5.02 Å². The van der Waals surface area contributed by atoms with Gasteiger partial charge in [0.25, 0.3) is 0 Å². The van der Waals surface area contributed by atoms with Crippen molar-refractivity contribution in [2.24, 2.45) is 0 Å². The van der Waals surface area contributed by atoms with E-state index in [9.17, 15) is 4.39 Å². The number of benzene rings is 1. The van der Waals surface area contributed by atoms with Gasteiger partial charge in [-0.1, -0.05) is 17.7 Å². The summed E-state index contributed by atoms with van der Waals surface area (Å²) in [5, 5.41) is 3.65. The smallest absolute Gasteiger partial charge is 0.141 e. The third-order valence-electron chi connectivity index (χ3n) is 4.23. The molecule has 1 saturated heterocycles. The second-order valence-corrected chi connectivity index (χ2v) is 6.86. The minimum Gasteiger partial charge on any atom is -0.311 e. The predicted octanol–water partition coefficient (Wildman–Crippen LogP) is 2.59. The molecule has 0 saturated carbocycles. The fourth-order valence-corrected chi connectivity index (χ4v) is 2.89. The van der Waals surface area contributed by atoms with E-state index in [2.05, 4.69) is 36.0 Å². The Morgan fingerprint density at radius 2 is 1.90 bits per heavy atom. The summed E-state index contributed by atoms with van der Waals surface area (Å²) >= 11 is 5.80. The molecule has 0 radical (unpaired) electrons. The molecule has 5 heteroatoms. The van der Waals surface area contributed by atoms with E-state index in [1.165, 1.54) is 6.07 Å². The maximum Gasteiger partial charge on any atom is 0.141 e. The fourth-order valence-electron chi connectivity index (χ4n) is 2.69. The largest absolute Gasteiger partial charge is 0.311 e. The second-order valence-electron chi connectivity index (χ2n) is 6.45. The summed E-state index contributed by atoms with van der Waals surface area (Å²) in [6.45, 7) is 10.6. The van der Waals surface area contributed by atoms with Crippen LogP contribution in [-0.4, -0.2) is 55.1 Å². The molecule has 0 amide bonds. The van der Waals surface area contributed by atoms with Gasteiger partial charge in [0.15, 0.2) is 0 Å². The van der Waals surface area contributed by atoms with Gasteiger partial charge in [-0.05, 0) is 38.6 Å². The highest BCUT2D eigenvalue weighted by atomic mass is 35.5. The summed E-state index contributed by atoms with van der Waals surface area (Å²) in [5.41, 5.74) is 1.13. The zero-order chi connectivity index (χ0) is 15.5. The number of nitrogens with zero attached hydrogens (tertiary/aromatic N) is 2. The van der Waals surface area contributed by atoms with Crippen LogP contribution in [0.3, 0.4) is 0 Å². The molecule has 1 heterocycles. The molecule has 1 aromatic carbocycles. The number of hydrogen-bond acceptors (Lipinski definition) is 3. The molecule has 1 aliphatic rings. The zero-order valence-electron chi connectivity index (χ0n) is 13.1. The second kappa shape index (κ2) is 7.05. The lowest BCUT2D eigenvalue weighted by molar-refractivity contribution is 0.0618. The molecule has 0 aliphatic carbocycles. The molecular weight excluding hydrogens is 289 g/mol. The molecular formula is C16H25ClFN3. The Morgan fingerprint density at radius 1 is 1.24 bits per heavy atom. The standard InChI is InChI=1S/C16H25ClFN3/c1-16(2,21-8-6-20(3)7-9-21)12-19-11-13-4-5-15(18)14(17)10-13/h4-5,10,19H,6-9,11-12H2,1-3H3. The van der Waals surface area contributed by atoms with E-state index in [-0.39, 0.29) is 16.4 Å². The Kier molecular flexibility index (Phi) is 5.60. The first kappa shape index (κ1) is 16.7. The number of hydrogen-bond donors (Lipinski definition) is 1. The molecule has 0 spiro atoms. The fraction of sp³-hybridized carbons (Fsp3) is 0.625. The van der Waals surface area contributed by atoms with Crippen molar-refractivity contribution < 1.29 is 4.39 Å². The molecule has 2 rings (SSSR count). The molecule has 118 valence electrons. The van der Waals surface area contributed by atoms with Gasteiger partial charge in [0.1, 0.15) is 5.82 Å². The third kappa shape index (κ3) is 4.65. The molecule has 3 nitrogen and oxygen atoms in total. The summed E-state index contributed by atoms with van der Waals surface area (Å²) in [7, 11) is 2.17. The number of halogens is 2. The van der Waals surface area contributed by atoms with Gasteiger partial charge in [-0.15, -0.1) is 0 Å². The summed E-state index contributed by atoms with van der Waals surface area (Å²) in [5.74, 6) is -0.363. The molecule has 1 aromatic rings. The Morgan fingerprint density at radius 3 is 2.52 bits per heavy atom. The lowest BCUT2D eigenvalue weighted by Crippen LogP contribution is -2.57. The van der Waals surface area contributed by atoms with Crippen LogP contribution < -0.4 is 5.32 Å². The van der Waals surface area contributed by atoms with Crippen molar-refractivity contribution in [2.45, 2.75) is 25.9 Å². The first-order chi connectivity index (χ1) is 9.88. The maximum atomic E-state index is 13.1. The predicted molar refractivity (Wildman–Crippen MR) is 86.3 cm³/mol. The van der Waals surface area contributed by atoms with Crippen molar-refractivity contribution in [2.75, 3.05) is 39.8 Å². The topological polar surface area (TPSA) is 18.5 Å². The van der Waals surface area contributed by atoms with Gasteiger partial charge in [0, 0.05) is 44.8 Å². The van der Waals surface area contributed by atoms with Crippen molar-refractivity contribution in [3.63, 3.8) is 0 Å². The highest BCUT2D eigenvalue weighted by Gasteiger charge is 2.28. The Balaban J connectivity index is 1.82. The van der Waals surface area contributed by atoms with Crippen molar-refractivity contribution in [3.05, 3.63) is 34.6 Å². The first-order valence-electron chi connectivity index (χ1n) is 7.47. The highest BCUT2D eigenvalue weighted by Crippen LogP contribution is 2.18. The summed E-state index contributed by atoms with van der Waals surface area (Å²) in [4.78, 5) is 4.89. The van der Waals surface area contributed by atoms with Crippen LogP contribution in [0.4, 0.5) is 4.39 Å². The van der Waals surface area contributed by atoms with E-state index in [1.54, 1.807) is 12.1 Å². The zero-order valence-corrected chi connectivity index (χ0v) is 13.9. The van der Waals surface area contributed by atoms with Gasteiger partial charge in [-0.3, -0.25) is 4.90 Å². The van der Waals surface area contributed by atoms with Gasteiger partial charge < -0.3 is 10.2 Å². The van der Waals surface area contributed by atoms with Crippen molar-refractivity contribution in [3.8, 4) is 0 Å². The van der Waals surface area contributed by atoms with Crippen LogP contribution in [0, 0.1) is 5.82 Å². The molecule has 1 N–H and O–H groups in total. The summed E-state index contributed by atoms with van der Waals surface area (Å²) < 4.78 is 13.1. The van der Waals surface area contributed by atoms with E-state index in [1.807, 2.05) is 0 Å². The molecule has 21 heavy (non-hydrogen) atoms. The van der Waals surface area contributed by atoms with Crippen LogP contribution in [0.2, 0.25) is 5.02 Å². The van der Waals surface area contributed by atoms with Crippen LogP contribution in [0.15, 0.2) is 18.2 Å². The van der Waals surface area contributed by atoms with Crippen LogP contribution in [0.5, 0.6) is 0 Å². The average Bonchev–Trinajstić information content (AvgIpc) is 2.43. The average molecular weight is 314 g/mol. The Bertz CT molecular complexity index is 471. The first-order valence-corrected chi connectivity index (χ1v) is 7.84. The SMILES string of the molecule is CN1CCN(C(C)(C)CNCc2ccc(F)c(Cl)c2)CC1. The maximum absolute atomic E-state index is 13.1. The Hall–Kier alpha value is -0.680. The molecule has 0 aromatic heterocycles. The van der Waals surface area contributed by atoms with Crippen molar-refractivity contribution in [1.82, 2.24) is 15.1 Å². The highest BCUT2D eigenvalue weighted by molar-refractivity contribution is 6.30. The van der Waals surface area contributed by atoms with Gasteiger partial charge in [0.2, 0.25) is 0 Å². The van der Waals surface area contributed by atoms with E-state index < -0.39 is 0 Å². The molecule has 1 aliphatic heterocycles. The normalized spacial score (nSPS) is 18.1. The lowest BCUT2D eigenvalue weighted by Gasteiger charge is -2.43. The molecule has 0 atom stereocenters. The molecule has 0 unspecified atom stereocenters. The summed E-state index contributed by atoms with van der Waals surface area (Å²) in [6, 6.07) is 4.88. The van der Waals surface area contributed by atoms with Crippen LogP contribution >= 0.6 is 11.6 Å². The number of likely N-dealkylation sites (N-methyl/N-ethyl adjacent to an activating group) is 1. The van der Waals surface area contributed by atoms with Gasteiger partial charge in [-0.2, -0.15) is 0 Å². The van der Waals surface area contributed by atoms with Crippen LogP contribution in [-0.2, 0) is 6.54 Å². The van der Waals surface area contributed by atoms with Gasteiger partial charge >= 0.3 is 0 Å². The van der Waals surface area contributed by atoms with E-state index in [0.717, 1.165) is 38.3 Å². The van der Waals surface area contributed by atoms with Crippen molar-refractivity contribution >= 4 is 11.6 Å². The quantitative estimate of drug-likeness (QED) is 0.901. The van der Waals surface area contributed by atoms with E-state index in [0.29, 0.717) is 6.54 Å². The minimum atomic E-state index is -0.363. The van der Waals surface area contributed by atoms with Crippen LogP contribution in [0.25, 0.3) is 0 Å². The van der Waals surface area contributed by atoms with E-state index in [4.69, 9.17) is 11.6 Å². The van der Waals surface area contributed by atoms with Gasteiger partial charge in [-0.25, -0.2) is 4.39 Å². The number of rotatable bonds is 5. The Labute approximate surface area is 132 Å². The molecule has 0 bridgehead atoms. The van der Waals surface area contributed by atoms with Crippen LogP contribution in [0.1, 0.15) is 19.4 Å². The minimum absolute atomic E-state index is 0.116. The number of piperazine rings is 1. The summed E-state index contributed by atoms with van der Waals surface area (Å²) in [6.07, 6.45) is 0. The molecule has 1 fully saturated rings. The van der Waals surface area contributed by atoms with Crippen molar-refractivity contribution in [1.29, 1.82) is 0 Å². The monoisotopic (exact) mass is 313 g/mol. The lowest BCUT2D eigenvalue weighted by atomic mass is 10.0. The third-order valence-corrected chi connectivity index (χ3v) is 4.52. The van der Waals surface area contributed by atoms with E-state index >= 15 is 0 Å².